The van der Waals surface area contributed by atoms with Gasteiger partial charge in [0.1, 0.15) is 5.75 Å². The second-order valence-corrected chi connectivity index (χ2v) is 5.53. The topological polar surface area (TPSA) is 49.8 Å². The number of methoxy groups -OCH3 is 1. The monoisotopic (exact) mass is 285 g/mol. The van der Waals surface area contributed by atoms with Gasteiger partial charge in [-0.25, -0.2) is 0 Å². The van der Waals surface area contributed by atoms with Crippen molar-refractivity contribution in [2.24, 2.45) is 5.92 Å². The van der Waals surface area contributed by atoms with Crippen LogP contribution in [0.2, 0.25) is 0 Å². The van der Waals surface area contributed by atoms with Gasteiger partial charge in [0.05, 0.1) is 13.2 Å². The van der Waals surface area contributed by atoms with Gasteiger partial charge in [-0.15, -0.1) is 5.73 Å². The number of rotatable bonds is 4. The molecule has 1 N–H and O–H groups in total. The number of benzene rings is 1. The molecule has 3 rings (SSSR count). The van der Waals surface area contributed by atoms with E-state index >= 15 is 0 Å². The van der Waals surface area contributed by atoms with Gasteiger partial charge in [0.25, 0.3) is 5.91 Å². The van der Waals surface area contributed by atoms with Crippen molar-refractivity contribution < 1.29 is 14.6 Å². The Balaban J connectivity index is 1.75. The predicted molar refractivity (Wildman–Crippen MR) is 80.3 cm³/mol. The molecule has 2 aliphatic rings. The molecule has 4 heteroatoms. The lowest BCUT2D eigenvalue weighted by Crippen LogP contribution is -2.64. The molecule has 1 saturated carbocycles. The van der Waals surface area contributed by atoms with Gasteiger partial charge >= 0.3 is 0 Å². The maximum Gasteiger partial charge on any atom is 0.259 e. The van der Waals surface area contributed by atoms with Crippen LogP contribution in [0.25, 0.3) is 0 Å². The van der Waals surface area contributed by atoms with Crippen molar-refractivity contribution in [1.82, 2.24) is 0 Å². The summed E-state index contributed by atoms with van der Waals surface area (Å²) in [5.74, 6) is 1.08. The fraction of sp³-hybridized carbons (Fsp3) is 0.412. The third-order valence-electron chi connectivity index (χ3n) is 4.21. The first-order valence-corrected chi connectivity index (χ1v) is 7.28. The molecular formula is C17H19NO3. The lowest BCUT2D eigenvalue weighted by atomic mass is 9.85. The quantitative estimate of drug-likeness (QED) is 0.682. The second-order valence-electron chi connectivity index (χ2n) is 5.53. The largest absolute Gasteiger partial charge is 0.497 e. The van der Waals surface area contributed by atoms with Crippen molar-refractivity contribution in [3.8, 4) is 5.75 Å². The summed E-state index contributed by atoms with van der Waals surface area (Å²) in [4.78, 5) is 13.5. The van der Waals surface area contributed by atoms with Crippen molar-refractivity contribution in [3.63, 3.8) is 0 Å². The first-order chi connectivity index (χ1) is 10.2. The van der Waals surface area contributed by atoms with Gasteiger partial charge in [-0.3, -0.25) is 9.69 Å². The Labute approximate surface area is 124 Å². The van der Waals surface area contributed by atoms with Gasteiger partial charge in [-0.1, -0.05) is 6.42 Å². The van der Waals surface area contributed by atoms with E-state index in [9.17, 15) is 9.90 Å². The van der Waals surface area contributed by atoms with E-state index in [2.05, 4.69) is 5.73 Å². The van der Waals surface area contributed by atoms with Crippen LogP contribution in [-0.2, 0) is 4.79 Å². The van der Waals surface area contributed by atoms with Gasteiger partial charge in [0, 0.05) is 5.69 Å². The standard InChI is InChI=1S/C17H19NO3/c1-21-14-10-8-13(9-11-14)18-15(16(19)17(18)20)7-3-6-12-4-2-5-12/h6-12,15-16,19H,2,4-5H2,1H3. The Kier molecular flexibility index (Phi) is 3.82. The highest BCUT2D eigenvalue weighted by atomic mass is 16.5. The van der Waals surface area contributed by atoms with E-state index in [-0.39, 0.29) is 11.9 Å². The lowest BCUT2D eigenvalue weighted by molar-refractivity contribution is -0.135. The second kappa shape index (κ2) is 5.76. The molecule has 1 amide bonds. The summed E-state index contributed by atoms with van der Waals surface area (Å²) in [6.45, 7) is 0. The van der Waals surface area contributed by atoms with Gasteiger partial charge in [0.2, 0.25) is 0 Å². The number of anilines is 1. The van der Waals surface area contributed by atoms with Gasteiger partial charge in [0.15, 0.2) is 6.10 Å². The van der Waals surface area contributed by atoms with Crippen molar-refractivity contribution in [2.45, 2.75) is 31.4 Å². The molecule has 21 heavy (non-hydrogen) atoms. The van der Waals surface area contributed by atoms with Crippen LogP contribution in [0.3, 0.4) is 0 Å². The highest BCUT2D eigenvalue weighted by molar-refractivity contribution is 6.05. The molecule has 0 spiro atoms. The van der Waals surface area contributed by atoms with Gasteiger partial charge < -0.3 is 9.84 Å². The van der Waals surface area contributed by atoms with E-state index < -0.39 is 6.10 Å². The summed E-state index contributed by atoms with van der Waals surface area (Å²) in [5.41, 5.74) is 3.90. The number of nitrogens with zero attached hydrogens (tertiary/aromatic N) is 1. The summed E-state index contributed by atoms with van der Waals surface area (Å²) in [5, 5.41) is 9.84. The number of amides is 1. The van der Waals surface area contributed by atoms with E-state index in [1.807, 2.05) is 18.2 Å². The molecule has 1 saturated heterocycles. The Hall–Kier alpha value is -2.03. The van der Waals surface area contributed by atoms with Crippen molar-refractivity contribution in [3.05, 3.63) is 42.1 Å². The van der Waals surface area contributed by atoms with Crippen LogP contribution in [0, 0.1) is 5.92 Å². The number of β-lactam (4-membered cyclic amide) rings is 1. The number of hydrogen-bond donors (Lipinski definition) is 1. The smallest absolute Gasteiger partial charge is 0.259 e. The molecule has 4 nitrogen and oxygen atoms in total. The number of aliphatic hydroxyl groups is 1. The summed E-state index contributed by atoms with van der Waals surface area (Å²) in [6, 6.07) is 6.91. The number of hydrogen-bond acceptors (Lipinski definition) is 3. The van der Waals surface area contributed by atoms with Crippen LogP contribution in [0.5, 0.6) is 5.75 Å². The minimum Gasteiger partial charge on any atom is -0.497 e. The molecule has 1 aliphatic carbocycles. The zero-order valence-corrected chi connectivity index (χ0v) is 12.0. The summed E-state index contributed by atoms with van der Waals surface area (Å²) >= 11 is 0. The van der Waals surface area contributed by atoms with E-state index in [1.165, 1.54) is 19.3 Å². The number of carbonyl (C=O) groups is 1. The third-order valence-corrected chi connectivity index (χ3v) is 4.21. The minimum atomic E-state index is -0.964. The molecule has 0 aromatic heterocycles. The molecule has 110 valence electrons. The first-order valence-electron chi connectivity index (χ1n) is 7.28. The Bertz CT molecular complexity index is 583. The summed E-state index contributed by atoms with van der Waals surface area (Å²) < 4.78 is 5.11. The van der Waals surface area contributed by atoms with E-state index in [0.717, 1.165) is 11.4 Å². The number of ether oxygens (including phenoxy) is 1. The average molecular weight is 285 g/mol. The van der Waals surface area contributed by atoms with Crippen LogP contribution in [0.4, 0.5) is 5.69 Å². The van der Waals surface area contributed by atoms with Crippen LogP contribution in [0.1, 0.15) is 19.3 Å². The molecule has 1 heterocycles. The molecule has 2 fully saturated rings. The molecule has 0 radical (unpaired) electrons. The molecule has 0 bridgehead atoms. The Morgan fingerprint density at radius 1 is 1.29 bits per heavy atom. The van der Waals surface area contributed by atoms with Crippen LogP contribution in [0.15, 0.2) is 42.1 Å². The van der Waals surface area contributed by atoms with Crippen LogP contribution in [-0.4, -0.2) is 30.3 Å². The molecule has 2 unspecified atom stereocenters. The van der Waals surface area contributed by atoms with Crippen molar-refractivity contribution >= 4 is 11.6 Å². The van der Waals surface area contributed by atoms with E-state index in [4.69, 9.17) is 4.74 Å². The van der Waals surface area contributed by atoms with Crippen LogP contribution < -0.4 is 9.64 Å². The van der Waals surface area contributed by atoms with Gasteiger partial charge in [-0.05, 0) is 55.2 Å². The van der Waals surface area contributed by atoms with Gasteiger partial charge in [-0.2, -0.15) is 0 Å². The fourth-order valence-corrected chi connectivity index (χ4v) is 2.60. The average Bonchev–Trinajstić information content (AvgIpc) is 2.48. The number of carbonyl (C=O) groups excluding carboxylic acids is 1. The molecular weight excluding hydrogens is 266 g/mol. The summed E-state index contributed by atoms with van der Waals surface area (Å²) in [7, 11) is 1.60. The first kappa shape index (κ1) is 13.9. The molecule has 2 atom stereocenters. The van der Waals surface area contributed by atoms with E-state index in [0.29, 0.717) is 5.92 Å². The van der Waals surface area contributed by atoms with Crippen molar-refractivity contribution in [1.29, 1.82) is 0 Å². The van der Waals surface area contributed by atoms with Crippen molar-refractivity contribution in [2.75, 3.05) is 12.0 Å². The maximum atomic E-state index is 11.9. The zero-order chi connectivity index (χ0) is 14.8. The molecule has 1 aliphatic heterocycles. The maximum absolute atomic E-state index is 11.9. The Morgan fingerprint density at radius 3 is 2.57 bits per heavy atom. The SMILES string of the molecule is COc1ccc(N2C(=O)C(O)C2C=C=CC2CCC2)cc1. The van der Waals surface area contributed by atoms with Crippen LogP contribution >= 0.6 is 0 Å². The fourth-order valence-electron chi connectivity index (χ4n) is 2.60. The van der Waals surface area contributed by atoms with E-state index in [1.54, 1.807) is 30.2 Å². The number of aliphatic hydroxyl groups excluding tert-OH is 1. The molecule has 1 aromatic rings. The highest BCUT2D eigenvalue weighted by Gasteiger charge is 2.45. The Morgan fingerprint density at radius 2 is 2.00 bits per heavy atom. The summed E-state index contributed by atoms with van der Waals surface area (Å²) in [6.07, 6.45) is 6.59. The lowest BCUT2D eigenvalue weighted by Gasteiger charge is -2.42. The minimum absolute atomic E-state index is 0.271. The highest BCUT2D eigenvalue weighted by Crippen LogP contribution is 2.31. The predicted octanol–water partition coefficient (Wildman–Crippen LogP) is 2.28. The normalized spacial score (nSPS) is 24.7. The third kappa shape index (κ3) is 2.60. The zero-order valence-electron chi connectivity index (χ0n) is 12.0. The molecule has 1 aromatic carbocycles.